The van der Waals surface area contributed by atoms with Gasteiger partial charge in [0.1, 0.15) is 5.75 Å². The maximum Gasteiger partial charge on any atom is 0.134 e. The van der Waals surface area contributed by atoms with Crippen molar-refractivity contribution < 1.29 is 4.74 Å². The average Bonchev–Trinajstić information content (AvgIpc) is 2.90. The van der Waals surface area contributed by atoms with E-state index in [9.17, 15) is 0 Å². The zero-order valence-corrected chi connectivity index (χ0v) is 12.2. The predicted octanol–water partition coefficient (Wildman–Crippen LogP) is 3.89. The van der Waals surface area contributed by atoms with E-state index in [-0.39, 0.29) is 6.04 Å². The summed E-state index contributed by atoms with van der Waals surface area (Å²) in [5, 5.41) is 9.64. The summed E-state index contributed by atoms with van der Waals surface area (Å²) < 4.78 is 6.51. The van der Waals surface area contributed by atoms with E-state index in [1.54, 1.807) is 29.8 Å². The van der Waals surface area contributed by atoms with Gasteiger partial charge in [0.25, 0.3) is 0 Å². The van der Waals surface area contributed by atoms with Crippen LogP contribution < -0.4 is 10.1 Å². The predicted molar refractivity (Wildman–Crippen MR) is 73.8 cm³/mol. The number of thiophene rings is 2. The van der Waals surface area contributed by atoms with Crippen molar-refractivity contribution in [2.24, 2.45) is 0 Å². The molecule has 86 valence electrons. The second-order valence-corrected chi connectivity index (χ2v) is 5.80. The monoisotopic (exact) mass is 317 g/mol. The molecule has 1 N–H and O–H groups in total. The summed E-state index contributed by atoms with van der Waals surface area (Å²) >= 11 is 6.98. The van der Waals surface area contributed by atoms with Gasteiger partial charge in [-0.05, 0) is 45.4 Å². The summed E-state index contributed by atoms with van der Waals surface area (Å²) in [5.41, 5.74) is 1.26. The lowest BCUT2D eigenvalue weighted by atomic mass is 10.1. The molecule has 0 radical (unpaired) electrons. The van der Waals surface area contributed by atoms with Gasteiger partial charge in [0, 0.05) is 9.85 Å². The molecule has 0 saturated carbocycles. The minimum Gasteiger partial charge on any atom is -0.496 e. The molecule has 2 heterocycles. The Morgan fingerprint density at radius 3 is 2.81 bits per heavy atom. The Morgan fingerprint density at radius 1 is 1.44 bits per heavy atom. The first-order valence-corrected chi connectivity index (χ1v) is 7.39. The van der Waals surface area contributed by atoms with Gasteiger partial charge in [-0.15, -0.1) is 11.3 Å². The van der Waals surface area contributed by atoms with Crippen LogP contribution in [0.2, 0.25) is 0 Å². The molecule has 0 bridgehead atoms. The molecule has 0 aliphatic heterocycles. The molecule has 0 amide bonds. The van der Waals surface area contributed by atoms with Gasteiger partial charge in [0.05, 0.1) is 18.0 Å². The zero-order valence-electron chi connectivity index (χ0n) is 8.99. The van der Waals surface area contributed by atoms with Crippen molar-refractivity contribution in [1.29, 1.82) is 0 Å². The van der Waals surface area contributed by atoms with Gasteiger partial charge in [-0.25, -0.2) is 0 Å². The Bertz CT molecular complexity index is 466. The average molecular weight is 318 g/mol. The van der Waals surface area contributed by atoms with E-state index in [0.717, 1.165) is 10.2 Å². The maximum atomic E-state index is 5.36. The Morgan fingerprint density at radius 2 is 2.25 bits per heavy atom. The summed E-state index contributed by atoms with van der Waals surface area (Å²) in [5.74, 6) is 0.947. The molecular formula is C11H12BrNOS2. The molecule has 2 nitrogen and oxygen atoms in total. The van der Waals surface area contributed by atoms with Gasteiger partial charge in [-0.1, -0.05) is 0 Å². The SMILES string of the molecule is CNC(c1cscc1Br)c1sccc1OC. The molecule has 2 rings (SSSR count). The summed E-state index contributed by atoms with van der Waals surface area (Å²) in [6.07, 6.45) is 0. The first kappa shape index (κ1) is 12.1. The molecule has 0 saturated heterocycles. The summed E-state index contributed by atoms with van der Waals surface area (Å²) in [7, 11) is 3.68. The van der Waals surface area contributed by atoms with Gasteiger partial charge in [0.15, 0.2) is 0 Å². The van der Waals surface area contributed by atoms with Crippen molar-refractivity contribution in [2.45, 2.75) is 6.04 Å². The number of rotatable bonds is 4. The van der Waals surface area contributed by atoms with Crippen LogP contribution in [0.1, 0.15) is 16.5 Å². The number of hydrogen-bond donors (Lipinski definition) is 1. The highest BCUT2D eigenvalue weighted by Gasteiger charge is 2.20. The highest BCUT2D eigenvalue weighted by Crippen LogP contribution is 2.38. The quantitative estimate of drug-likeness (QED) is 0.923. The van der Waals surface area contributed by atoms with Crippen molar-refractivity contribution in [3.63, 3.8) is 0 Å². The van der Waals surface area contributed by atoms with Crippen molar-refractivity contribution in [1.82, 2.24) is 5.32 Å². The van der Waals surface area contributed by atoms with E-state index < -0.39 is 0 Å². The van der Waals surface area contributed by atoms with Crippen molar-refractivity contribution in [3.05, 3.63) is 37.1 Å². The maximum absolute atomic E-state index is 5.36. The third-order valence-electron chi connectivity index (χ3n) is 2.38. The van der Waals surface area contributed by atoms with Crippen LogP contribution in [0.4, 0.5) is 0 Å². The lowest BCUT2D eigenvalue weighted by Gasteiger charge is -2.15. The van der Waals surface area contributed by atoms with Crippen LogP contribution in [0.3, 0.4) is 0 Å². The molecule has 0 fully saturated rings. The first-order valence-electron chi connectivity index (χ1n) is 4.78. The van der Waals surface area contributed by atoms with Crippen molar-refractivity contribution in [2.75, 3.05) is 14.2 Å². The third kappa shape index (κ3) is 2.18. The number of halogens is 1. The van der Waals surface area contributed by atoms with Crippen molar-refractivity contribution in [3.8, 4) is 5.75 Å². The van der Waals surface area contributed by atoms with Crippen LogP contribution in [-0.4, -0.2) is 14.2 Å². The minimum absolute atomic E-state index is 0.190. The second kappa shape index (κ2) is 5.31. The van der Waals surface area contributed by atoms with E-state index in [1.807, 2.05) is 13.1 Å². The van der Waals surface area contributed by atoms with E-state index in [2.05, 4.69) is 37.4 Å². The van der Waals surface area contributed by atoms with Crippen LogP contribution in [0.15, 0.2) is 26.7 Å². The molecule has 0 aliphatic carbocycles. The Labute approximate surface area is 111 Å². The highest BCUT2D eigenvalue weighted by molar-refractivity contribution is 9.10. The van der Waals surface area contributed by atoms with Gasteiger partial charge >= 0.3 is 0 Å². The molecule has 0 spiro atoms. The fraction of sp³-hybridized carbons (Fsp3) is 0.273. The smallest absolute Gasteiger partial charge is 0.134 e. The molecule has 1 unspecified atom stereocenters. The molecule has 0 aromatic carbocycles. The Kier molecular flexibility index (Phi) is 4.02. The van der Waals surface area contributed by atoms with Gasteiger partial charge in [0.2, 0.25) is 0 Å². The van der Waals surface area contributed by atoms with Crippen LogP contribution in [-0.2, 0) is 0 Å². The summed E-state index contributed by atoms with van der Waals surface area (Å²) in [6.45, 7) is 0. The Hall–Kier alpha value is -0.360. The highest BCUT2D eigenvalue weighted by atomic mass is 79.9. The fourth-order valence-corrected chi connectivity index (χ4v) is 4.15. The molecule has 2 aromatic heterocycles. The molecular weight excluding hydrogens is 306 g/mol. The van der Waals surface area contributed by atoms with Crippen molar-refractivity contribution >= 4 is 38.6 Å². The molecule has 0 aliphatic rings. The zero-order chi connectivity index (χ0) is 11.5. The number of nitrogens with one attached hydrogen (secondary N) is 1. The largest absolute Gasteiger partial charge is 0.496 e. The lowest BCUT2D eigenvalue weighted by Crippen LogP contribution is -2.16. The number of methoxy groups -OCH3 is 1. The normalized spacial score (nSPS) is 12.7. The van der Waals surface area contributed by atoms with Gasteiger partial charge in [-0.2, -0.15) is 11.3 Å². The fourth-order valence-electron chi connectivity index (χ4n) is 1.61. The lowest BCUT2D eigenvalue weighted by molar-refractivity contribution is 0.408. The van der Waals surface area contributed by atoms with Crippen LogP contribution in [0.5, 0.6) is 5.75 Å². The van der Waals surface area contributed by atoms with E-state index in [4.69, 9.17) is 4.74 Å². The van der Waals surface area contributed by atoms with Crippen LogP contribution in [0, 0.1) is 0 Å². The van der Waals surface area contributed by atoms with Crippen LogP contribution >= 0.6 is 38.6 Å². The van der Waals surface area contributed by atoms with E-state index in [1.165, 1.54) is 10.4 Å². The second-order valence-electron chi connectivity index (χ2n) is 3.25. The standard InChI is InChI=1S/C11H12BrNOS2/c1-13-10(7-5-15-6-8(7)12)11-9(14-2)3-4-16-11/h3-6,10,13H,1-2H3. The van der Waals surface area contributed by atoms with Crippen LogP contribution in [0.25, 0.3) is 0 Å². The number of ether oxygens (including phenoxy) is 1. The van der Waals surface area contributed by atoms with E-state index >= 15 is 0 Å². The minimum atomic E-state index is 0.190. The molecule has 5 heteroatoms. The number of hydrogen-bond acceptors (Lipinski definition) is 4. The summed E-state index contributed by atoms with van der Waals surface area (Å²) in [4.78, 5) is 1.21. The third-order valence-corrected chi connectivity index (χ3v) is 5.10. The molecule has 16 heavy (non-hydrogen) atoms. The topological polar surface area (TPSA) is 21.3 Å². The van der Waals surface area contributed by atoms with E-state index in [0.29, 0.717) is 0 Å². The molecule has 2 aromatic rings. The first-order chi connectivity index (χ1) is 7.77. The van der Waals surface area contributed by atoms with Gasteiger partial charge < -0.3 is 10.1 Å². The van der Waals surface area contributed by atoms with Gasteiger partial charge in [-0.3, -0.25) is 0 Å². The molecule has 1 atom stereocenters. The summed E-state index contributed by atoms with van der Waals surface area (Å²) in [6, 6.07) is 2.19. The Balaban J connectivity index is 2.40.